The Balaban J connectivity index is 1.68. The van der Waals surface area contributed by atoms with Crippen LogP contribution in [-0.4, -0.2) is 45.6 Å². The number of pyridine rings is 1. The van der Waals surface area contributed by atoms with E-state index in [0.717, 1.165) is 36.2 Å². The highest BCUT2D eigenvalue weighted by molar-refractivity contribution is 6.29. The summed E-state index contributed by atoms with van der Waals surface area (Å²) in [6.07, 6.45) is 7.03. The van der Waals surface area contributed by atoms with E-state index in [-0.39, 0.29) is 6.04 Å². The van der Waals surface area contributed by atoms with Crippen LogP contribution in [0.25, 0.3) is 0 Å². The van der Waals surface area contributed by atoms with E-state index >= 15 is 0 Å². The summed E-state index contributed by atoms with van der Waals surface area (Å²) in [4.78, 5) is 18.5. The van der Waals surface area contributed by atoms with Crippen molar-refractivity contribution in [3.05, 3.63) is 40.9 Å². The number of halogens is 3. The maximum atomic E-state index is 12.7. The number of nitrogens with one attached hydrogen (secondary N) is 1. The van der Waals surface area contributed by atoms with Gasteiger partial charge in [-0.15, -0.1) is 0 Å². The number of nitrogens with zero attached hydrogens (tertiary/aromatic N) is 4. The quantitative estimate of drug-likeness (QED) is 0.644. The van der Waals surface area contributed by atoms with Crippen molar-refractivity contribution < 1.29 is 18.3 Å². The zero-order chi connectivity index (χ0) is 22.6. The zero-order valence-corrected chi connectivity index (χ0v) is 18.7. The third kappa shape index (κ3) is 6.78. The van der Waals surface area contributed by atoms with Gasteiger partial charge in [0.2, 0.25) is 0 Å². The molecule has 1 N–H and O–H groups in total. The van der Waals surface area contributed by atoms with Gasteiger partial charge in [-0.3, -0.25) is 0 Å². The normalized spacial score (nSPS) is 17.1. The lowest BCUT2D eigenvalue weighted by Crippen LogP contribution is -2.49. The second-order valence-corrected chi connectivity index (χ2v) is 9.06. The number of anilines is 1. The fourth-order valence-corrected chi connectivity index (χ4v) is 3.77. The average Bonchev–Trinajstić information content (AvgIpc) is 3.15. The highest BCUT2D eigenvalue weighted by atomic mass is 35.5. The van der Waals surface area contributed by atoms with Gasteiger partial charge in [-0.25, -0.2) is 14.5 Å². The fourth-order valence-electron chi connectivity index (χ4n) is 3.62. The van der Waals surface area contributed by atoms with Gasteiger partial charge in [0, 0.05) is 37.2 Å². The van der Waals surface area contributed by atoms with Crippen LogP contribution in [-0.2, 0) is 17.6 Å². The molecule has 0 saturated carbocycles. The maximum absolute atomic E-state index is 12.7. The van der Waals surface area contributed by atoms with Crippen molar-refractivity contribution in [3.8, 4) is 0 Å². The molecule has 7 nitrogen and oxygen atoms in total. The van der Waals surface area contributed by atoms with E-state index in [1.54, 1.807) is 6.20 Å². The lowest BCUT2D eigenvalue weighted by molar-refractivity contribution is 0.0499. The SMILES string of the molecule is CC(C)(C)OC(=O)N[C@H]1CCCN(c2cc(Cl)ncc2CCc2cnn(C(F)F)c2)C1. The first kappa shape index (κ1) is 23.2. The predicted molar refractivity (Wildman–Crippen MR) is 115 cm³/mol. The van der Waals surface area contributed by atoms with Gasteiger partial charge < -0.3 is 15.0 Å². The van der Waals surface area contributed by atoms with Gasteiger partial charge in [0.05, 0.1) is 6.20 Å². The van der Waals surface area contributed by atoms with E-state index < -0.39 is 18.2 Å². The van der Waals surface area contributed by atoms with Crippen molar-refractivity contribution in [1.29, 1.82) is 0 Å². The number of alkyl carbamates (subject to hydrolysis) is 1. The number of alkyl halides is 2. The van der Waals surface area contributed by atoms with Crippen LogP contribution in [0.4, 0.5) is 19.3 Å². The Bertz CT molecular complexity index is 900. The molecule has 1 saturated heterocycles. The summed E-state index contributed by atoms with van der Waals surface area (Å²) in [6, 6.07) is 1.77. The molecule has 0 spiro atoms. The Hall–Kier alpha value is -2.42. The topological polar surface area (TPSA) is 72.3 Å². The van der Waals surface area contributed by atoms with Gasteiger partial charge in [-0.1, -0.05) is 11.6 Å². The van der Waals surface area contributed by atoms with Gasteiger partial charge in [0.15, 0.2) is 0 Å². The Morgan fingerprint density at radius 3 is 2.81 bits per heavy atom. The van der Waals surface area contributed by atoms with Gasteiger partial charge in [0.25, 0.3) is 0 Å². The summed E-state index contributed by atoms with van der Waals surface area (Å²) in [5, 5.41) is 7.01. The van der Waals surface area contributed by atoms with E-state index in [2.05, 4.69) is 20.3 Å². The molecular weight excluding hydrogens is 428 g/mol. The standard InChI is InChI=1S/C21H28ClF2N5O2/c1-21(2,3)31-20(30)27-16-5-4-8-28(13-16)17-9-18(22)25-11-15(17)7-6-14-10-26-29(12-14)19(23)24/h9-12,16,19H,4-8,13H2,1-3H3,(H,27,30)/t16-/m0/s1. The van der Waals surface area contributed by atoms with Gasteiger partial charge in [-0.2, -0.15) is 13.9 Å². The molecule has 170 valence electrons. The summed E-state index contributed by atoms with van der Waals surface area (Å²) >= 11 is 6.16. The number of aromatic nitrogens is 3. The number of rotatable bonds is 6. The molecule has 2 aromatic heterocycles. The van der Waals surface area contributed by atoms with Crippen LogP contribution in [0.2, 0.25) is 5.15 Å². The van der Waals surface area contributed by atoms with Crippen LogP contribution in [0.5, 0.6) is 0 Å². The van der Waals surface area contributed by atoms with E-state index in [1.807, 2.05) is 26.8 Å². The highest BCUT2D eigenvalue weighted by Gasteiger charge is 2.25. The van der Waals surface area contributed by atoms with Crippen LogP contribution in [0.3, 0.4) is 0 Å². The molecule has 0 radical (unpaired) electrons. The molecule has 1 amide bonds. The second kappa shape index (κ2) is 9.80. The number of carbonyl (C=O) groups is 1. The molecular formula is C21H28ClF2N5O2. The Morgan fingerprint density at radius 1 is 1.35 bits per heavy atom. The first-order valence-electron chi connectivity index (χ1n) is 10.3. The Labute approximate surface area is 185 Å². The number of ether oxygens (including phenoxy) is 1. The van der Waals surface area contributed by atoms with Crippen molar-refractivity contribution in [2.75, 3.05) is 18.0 Å². The molecule has 10 heteroatoms. The third-order valence-corrected chi connectivity index (χ3v) is 5.16. The van der Waals surface area contributed by atoms with E-state index in [1.165, 1.54) is 12.4 Å². The summed E-state index contributed by atoms with van der Waals surface area (Å²) in [5.74, 6) is 0. The summed E-state index contributed by atoms with van der Waals surface area (Å²) < 4.78 is 31.5. The first-order valence-corrected chi connectivity index (χ1v) is 10.7. The monoisotopic (exact) mass is 455 g/mol. The number of carbonyl (C=O) groups excluding carboxylic acids is 1. The van der Waals surface area contributed by atoms with Crippen molar-refractivity contribution in [3.63, 3.8) is 0 Å². The lowest BCUT2D eigenvalue weighted by atomic mass is 10.0. The lowest BCUT2D eigenvalue weighted by Gasteiger charge is -2.36. The number of piperidine rings is 1. The molecule has 3 heterocycles. The Morgan fingerprint density at radius 2 is 2.13 bits per heavy atom. The zero-order valence-electron chi connectivity index (χ0n) is 17.9. The van der Waals surface area contributed by atoms with Crippen molar-refractivity contribution >= 4 is 23.4 Å². The third-order valence-electron chi connectivity index (χ3n) is 4.95. The van der Waals surface area contributed by atoms with Gasteiger partial charge in [0.1, 0.15) is 10.8 Å². The molecule has 0 unspecified atom stereocenters. The molecule has 0 aromatic carbocycles. The van der Waals surface area contributed by atoms with Crippen LogP contribution < -0.4 is 10.2 Å². The fraction of sp³-hybridized carbons (Fsp3) is 0.571. The minimum absolute atomic E-state index is 0.0485. The predicted octanol–water partition coefficient (Wildman–Crippen LogP) is 4.61. The van der Waals surface area contributed by atoms with Crippen molar-refractivity contribution in [2.45, 2.75) is 64.6 Å². The molecule has 1 aliphatic heterocycles. The van der Waals surface area contributed by atoms with Crippen molar-refractivity contribution in [2.24, 2.45) is 0 Å². The largest absolute Gasteiger partial charge is 0.444 e. The molecule has 2 aromatic rings. The number of aryl methyl sites for hydroxylation is 2. The summed E-state index contributed by atoms with van der Waals surface area (Å²) in [7, 11) is 0. The number of hydrogen-bond acceptors (Lipinski definition) is 5. The van der Waals surface area contributed by atoms with Crippen molar-refractivity contribution in [1.82, 2.24) is 20.1 Å². The van der Waals surface area contributed by atoms with E-state index in [4.69, 9.17) is 16.3 Å². The second-order valence-electron chi connectivity index (χ2n) is 8.67. The Kier molecular flexibility index (Phi) is 7.35. The molecule has 31 heavy (non-hydrogen) atoms. The number of hydrogen-bond donors (Lipinski definition) is 1. The van der Waals surface area contributed by atoms with Crippen LogP contribution >= 0.6 is 11.6 Å². The first-order chi connectivity index (χ1) is 14.6. The molecule has 0 aliphatic carbocycles. The smallest absolute Gasteiger partial charge is 0.407 e. The molecule has 3 rings (SSSR count). The van der Waals surface area contributed by atoms with E-state index in [0.29, 0.717) is 29.2 Å². The maximum Gasteiger partial charge on any atom is 0.407 e. The highest BCUT2D eigenvalue weighted by Crippen LogP contribution is 2.28. The van der Waals surface area contributed by atoms with Gasteiger partial charge >= 0.3 is 12.6 Å². The summed E-state index contributed by atoms with van der Waals surface area (Å²) in [6.45, 7) is 4.28. The van der Waals surface area contributed by atoms with E-state index in [9.17, 15) is 13.6 Å². The average molecular weight is 456 g/mol. The minimum atomic E-state index is -2.65. The number of amides is 1. The van der Waals surface area contributed by atoms with Gasteiger partial charge in [-0.05, 0) is 63.6 Å². The summed E-state index contributed by atoms with van der Waals surface area (Å²) in [5.41, 5.74) is 2.08. The van der Waals surface area contributed by atoms with Crippen LogP contribution in [0, 0.1) is 0 Å². The van der Waals surface area contributed by atoms with Crippen LogP contribution in [0.1, 0.15) is 51.3 Å². The molecule has 1 fully saturated rings. The molecule has 1 atom stereocenters. The molecule has 1 aliphatic rings. The van der Waals surface area contributed by atoms with Crippen LogP contribution in [0.15, 0.2) is 24.7 Å². The minimum Gasteiger partial charge on any atom is -0.444 e. The molecule has 0 bridgehead atoms.